The Labute approximate surface area is 167 Å². The zero-order valence-electron chi connectivity index (χ0n) is 15.7. The van der Waals surface area contributed by atoms with Gasteiger partial charge in [0.2, 0.25) is 5.95 Å². The molecule has 162 valence electrons. The van der Waals surface area contributed by atoms with E-state index in [-0.39, 0.29) is 17.6 Å². The highest BCUT2D eigenvalue weighted by molar-refractivity contribution is 5.51. The molecule has 0 atom stereocenters. The average Bonchev–Trinajstić information content (AvgIpc) is 3.26. The summed E-state index contributed by atoms with van der Waals surface area (Å²) in [6.45, 7) is -0.650. The fraction of sp³-hybridized carbons (Fsp3) is 0.474. The molecule has 1 aliphatic carbocycles. The molecule has 1 fully saturated rings. The lowest BCUT2D eigenvalue weighted by Crippen LogP contribution is -2.26. The molecule has 0 amide bonds. The molecule has 3 aromatic rings. The van der Waals surface area contributed by atoms with Crippen LogP contribution in [0.3, 0.4) is 0 Å². The monoisotopic (exact) mass is 431 g/mol. The minimum absolute atomic E-state index is 0.0113. The van der Waals surface area contributed by atoms with Crippen molar-refractivity contribution in [3.63, 3.8) is 0 Å². The quantitative estimate of drug-likeness (QED) is 0.573. The van der Waals surface area contributed by atoms with E-state index in [9.17, 15) is 26.3 Å². The molecule has 1 saturated carbocycles. The molecule has 1 N–H and O–H groups in total. The van der Waals surface area contributed by atoms with Gasteiger partial charge < -0.3 is 5.32 Å². The second-order valence-corrected chi connectivity index (χ2v) is 7.44. The van der Waals surface area contributed by atoms with Crippen molar-refractivity contribution in [2.75, 3.05) is 5.32 Å². The van der Waals surface area contributed by atoms with E-state index in [0.29, 0.717) is 37.1 Å². The van der Waals surface area contributed by atoms with E-state index >= 15 is 0 Å². The number of alkyl halides is 5. The molecule has 0 saturated heterocycles. The van der Waals surface area contributed by atoms with E-state index in [1.165, 1.54) is 16.7 Å². The van der Waals surface area contributed by atoms with Gasteiger partial charge in [-0.3, -0.25) is 9.08 Å². The summed E-state index contributed by atoms with van der Waals surface area (Å²) in [5, 5.41) is 6.77. The summed E-state index contributed by atoms with van der Waals surface area (Å²) in [5.74, 6) is -0.361. The normalized spacial score (nSPS) is 20.2. The summed E-state index contributed by atoms with van der Waals surface area (Å²) in [6, 6.07) is 4.79. The van der Waals surface area contributed by atoms with Crippen molar-refractivity contribution >= 4 is 11.5 Å². The van der Waals surface area contributed by atoms with E-state index in [1.54, 1.807) is 12.1 Å². The van der Waals surface area contributed by atoms with Crippen LogP contribution in [0.2, 0.25) is 0 Å². The van der Waals surface area contributed by atoms with Gasteiger partial charge in [-0.05, 0) is 43.7 Å². The number of anilines is 1. The Morgan fingerprint density at radius 1 is 1.10 bits per heavy atom. The van der Waals surface area contributed by atoms with E-state index in [1.807, 2.05) is 0 Å². The predicted octanol–water partition coefficient (Wildman–Crippen LogP) is 5.09. The first kappa shape index (κ1) is 20.5. The first-order valence-electron chi connectivity index (χ1n) is 9.53. The molecule has 0 aromatic carbocycles. The third kappa shape index (κ3) is 4.24. The molecule has 5 nitrogen and oxygen atoms in total. The van der Waals surface area contributed by atoms with Gasteiger partial charge in [0.05, 0.1) is 0 Å². The molecule has 3 heterocycles. The topological polar surface area (TPSA) is 47.2 Å². The van der Waals surface area contributed by atoms with Gasteiger partial charge in [0.1, 0.15) is 18.0 Å². The average molecular weight is 431 g/mol. The van der Waals surface area contributed by atoms with Gasteiger partial charge >= 0.3 is 6.18 Å². The molecule has 0 spiro atoms. The minimum Gasteiger partial charge on any atom is -0.368 e. The van der Waals surface area contributed by atoms with Gasteiger partial charge in [0, 0.05) is 24.0 Å². The molecule has 0 unspecified atom stereocenters. The molecular formula is C19H19F6N5. The molecule has 0 radical (unpaired) electrons. The smallest absolute Gasteiger partial charge is 0.368 e. The van der Waals surface area contributed by atoms with E-state index in [4.69, 9.17) is 0 Å². The summed E-state index contributed by atoms with van der Waals surface area (Å²) < 4.78 is 80.2. The lowest BCUT2D eigenvalue weighted by Gasteiger charge is -2.29. The number of fused-ring (bicyclic) bond motifs is 1. The van der Waals surface area contributed by atoms with Crippen LogP contribution in [0.25, 0.3) is 5.65 Å². The van der Waals surface area contributed by atoms with Gasteiger partial charge in [0.15, 0.2) is 5.69 Å². The van der Waals surface area contributed by atoms with Crippen molar-refractivity contribution in [2.45, 2.75) is 56.8 Å². The first-order chi connectivity index (χ1) is 14.2. The van der Waals surface area contributed by atoms with Crippen LogP contribution in [0.1, 0.15) is 42.9 Å². The maximum atomic E-state index is 14.1. The second kappa shape index (κ2) is 7.84. The Bertz CT molecular complexity index is 1020. The highest BCUT2D eigenvalue weighted by Gasteiger charge is 2.34. The Hall–Kier alpha value is -2.72. The number of nitrogens with zero attached hydrogens (tertiary/aromatic N) is 4. The summed E-state index contributed by atoms with van der Waals surface area (Å²) in [6.07, 6.45) is -2.31. The van der Waals surface area contributed by atoms with E-state index in [2.05, 4.69) is 15.4 Å². The molecule has 11 heteroatoms. The highest BCUT2D eigenvalue weighted by atomic mass is 19.4. The highest BCUT2D eigenvalue weighted by Crippen LogP contribution is 2.35. The van der Waals surface area contributed by atoms with Crippen LogP contribution >= 0.6 is 0 Å². The van der Waals surface area contributed by atoms with Crippen LogP contribution < -0.4 is 5.32 Å². The first-order valence-corrected chi connectivity index (χ1v) is 9.53. The fourth-order valence-electron chi connectivity index (χ4n) is 3.94. The Morgan fingerprint density at radius 3 is 2.50 bits per heavy atom. The molecule has 1 aliphatic rings. The van der Waals surface area contributed by atoms with Crippen molar-refractivity contribution in [3.8, 4) is 0 Å². The van der Waals surface area contributed by atoms with Gasteiger partial charge in [-0.25, -0.2) is 13.8 Å². The van der Waals surface area contributed by atoms with Crippen LogP contribution in [0.5, 0.6) is 0 Å². The van der Waals surface area contributed by atoms with Crippen molar-refractivity contribution in [2.24, 2.45) is 0 Å². The van der Waals surface area contributed by atoms with Gasteiger partial charge in [-0.1, -0.05) is 6.07 Å². The van der Waals surface area contributed by atoms with Gasteiger partial charge in [-0.2, -0.15) is 17.6 Å². The summed E-state index contributed by atoms with van der Waals surface area (Å²) in [4.78, 5) is 3.62. The van der Waals surface area contributed by atoms with Gasteiger partial charge in [0.25, 0.3) is 6.43 Å². The number of hydrogen-bond donors (Lipinski definition) is 1. The van der Waals surface area contributed by atoms with Crippen LogP contribution in [0.4, 0.5) is 32.2 Å². The van der Waals surface area contributed by atoms with Gasteiger partial charge in [-0.15, -0.1) is 5.10 Å². The van der Waals surface area contributed by atoms with E-state index < -0.39 is 30.8 Å². The number of hydrogen-bond acceptors (Lipinski definition) is 3. The molecule has 3 aromatic heterocycles. The number of halogens is 6. The fourth-order valence-corrected chi connectivity index (χ4v) is 3.94. The largest absolute Gasteiger partial charge is 0.434 e. The Kier molecular flexibility index (Phi) is 5.37. The maximum absolute atomic E-state index is 14.1. The SMILES string of the molecule is Fc1nn(CC(F)F)cc1C1CCC(Nc2cccc3nc(C(F)(F)F)cn23)CC1. The molecule has 4 rings (SSSR count). The number of nitrogens with one attached hydrogen (secondary N) is 1. The standard InChI is InChI=1S/C19H19F6N5/c20-15(21)10-29-8-13(18(22)28-29)11-4-6-12(7-5-11)26-16-2-1-3-17-27-14(9-30(16)17)19(23,24)25/h1-3,8-9,11-12,15,26H,4-7,10H2. The van der Waals surface area contributed by atoms with Crippen molar-refractivity contribution in [1.82, 2.24) is 19.2 Å². The number of aromatic nitrogens is 4. The molecule has 0 bridgehead atoms. The number of pyridine rings is 1. The summed E-state index contributed by atoms with van der Waals surface area (Å²) in [7, 11) is 0. The van der Waals surface area contributed by atoms with Crippen molar-refractivity contribution in [3.05, 3.63) is 47.8 Å². The predicted molar refractivity (Wildman–Crippen MR) is 97.0 cm³/mol. The second-order valence-electron chi connectivity index (χ2n) is 7.44. The molecule has 0 aliphatic heterocycles. The minimum atomic E-state index is -4.53. The lowest BCUT2D eigenvalue weighted by atomic mass is 9.82. The van der Waals surface area contributed by atoms with Crippen LogP contribution in [-0.2, 0) is 12.7 Å². The summed E-state index contributed by atoms with van der Waals surface area (Å²) >= 11 is 0. The number of rotatable bonds is 5. The molecular weight excluding hydrogens is 412 g/mol. The van der Waals surface area contributed by atoms with Crippen LogP contribution in [0, 0.1) is 5.95 Å². The maximum Gasteiger partial charge on any atom is 0.434 e. The lowest BCUT2D eigenvalue weighted by molar-refractivity contribution is -0.140. The zero-order chi connectivity index (χ0) is 21.5. The van der Waals surface area contributed by atoms with Crippen LogP contribution in [0.15, 0.2) is 30.6 Å². The van der Waals surface area contributed by atoms with Crippen LogP contribution in [-0.4, -0.2) is 31.6 Å². The van der Waals surface area contributed by atoms with Crippen molar-refractivity contribution in [1.29, 1.82) is 0 Å². The number of imidazole rings is 1. The van der Waals surface area contributed by atoms with E-state index in [0.717, 1.165) is 10.9 Å². The molecule has 30 heavy (non-hydrogen) atoms. The summed E-state index contributed by atoms with van der Waals surface area (Å²) in [5.41, 5.74) is -0.438. The Balaban J connectivity index is 1.43. The zero-order valence-corrected chi connectivity index (χ0v) is 15.7. The third-order valence-corrected chi connectivity index (χ3v) is 5.37. The third-order valence-electron chi connectivity index (χ3n) is 5.37. The Morgan fingerprint density at radius 2 is 1.83 bits per heavy atom. The van der Waals surface area contributed by atoms with Crippen molar-refractivity contribution < 1.29 is 26.3 Å².